The molecule has 1 N–H and O–H groups in total. The van der Waals surface area contributed by atoms with Gasteiger partial charge in [-0.2, -0.15) is 0 Å². The Balaban J connectivity index is 1.61. The van der Waals surface area contributed by atoms with Gasteiger partial charge in [0.25, 0.3) is 5.91 Å². The molecule has 28 heavy (non-hydrogen) atoms. The van der Waals surface area contributed by atoms with E-state index in [0.717, 1.165) is 29.7 Å². The molecule has 0 unspecified atom stereocenters. The van der Waals surface area contributed by atoms with Crippen molar-refractivity contribution in [1.29, 1.82) is 0 Å². The van der Waals surface area contributed by atoms with Crippen molar-refractivity contribution in [3.05, 3.63) is 60.2 Å². The maximum atomic E-state index is 12.3. The van der Waals surface area contributed by atoms with Crippen molar-refractivity contribution < 1.29 is 19.1 Å². The summed E-state index contributed by atoms with van der Waals surface area (Å²) in [5, 5.41) is 2.83. The van der Waals surface area contributed by atoms with Crippen molar-refractivity contribution >= 4 is 23.2 Å². The van der Waals surface area contributed by atoms with Gasteiger partial charge in [0.1, 0.15) is 0 Å². The topological polar surface area (TPSA) is 67.9 Å². The van der Waals surface area contributed by atoms with E-state index in [2.05, 4.69) is 11.9 Å². The van der Waals surface area contributed by atoms with Gasteiger partial charge in [-0.05, 0) is 54.3 Å². The number of benzene rings is 2. The molecule has 2 aromatic rings. The molecule has 0 radical (unpaired) electrons. The van der Waals surface area contributed by atoms with Crippen molar-refractivity contribution in [1.82, 2.24) is 0 Å². The minimum Gasteiger partial charge on any atom is -0.493 e. The summed E-state index contributed by atoms with van der Waals surface area (Å²) in [6.45, 7) is 5.82. The fourth-order valence-electron chi connectivity index (χ4n) is 3.27. The lowest BCUT2D eigenvalue weighted by Gasteiger charge is -2.15. The quantitative estimate of drug-likeness (QED) is 0.748. The second-order valence-electron chi connectivity index (χ2n) is 6.58. The van der Waals surface area contributed by atoms with Crippen LogP contribution in [0.5, 0.6) is 11.5 Å². The van der Waals surface area contributed by atoms with Crippen LogP contribution in [0.25, 0.3) is 0 Å². The minimum atomic E-state index is -0.265. The van der Waals surface area contributed by atoms with Gasteiger partial charge in [-0.3, -0.25) is 9.59 Å². The maximum Gasteiger partial charge on any atom is 0.262 e. The van der Waals surface area contributed by atoms with E-state index in [1.165, 1.54) is 0 Å². The second-order valence-corrected chi connectivity index (χ2v) is 6.58. The van der Waals surface area contributed by atoms with Crippen LogP contribution in [0, 0.1) is 0 Å². The van der Waals surface area contributed by atoms with E-state index in [-0.39, 0.29) is 18.4 Å². The molecule has 0 aliphatic carbocycles. The van der Waals surface area contributed by atoms with Gasteiger partial charge in [0.15, 0.2) is 18.1 Å². The number of nitrogens with zero attached hydrogens (tertiary/aromatic N) is 1. The van der Waals surface area contributed by atoms with Gasteiger partial charge in [-0.1, -0.05) is 12.1 Å². The SMILES string of the molecule is C=CCc1ccc(OCC(=O)Nc2ccc3c(c2)CCN3C(C)=O)c(OC)c1. The van der Waals surface area contributed by atoms with Crippen LogP contribution in [0.1, 0.15) is 18.1 Å². The molecule has 2 amide bonds. The van der Waals surface area contributed by atoms with Crippen LogP contribution in [0.4, 0.5) is 11.4 Å². The Morgan fingerprint density at radius 1 is 1.21 bits per heavy atom. The molecule has 0 bridgehead atoms. The lowest BCUT2D eigenvalue weighted by molar-refractivity contribution is -0.118. The van der Waals surface area contributed by atoms with Gasteiger partial charge in [-0.25, -0.2) is 0 Å². The van der Waals surface area contributed by atoms with Crippen LogP contribution in [0.3, 0.4) is 0 Å². The Hall–Kier alpha value is -3.28. The van der Waals surface area contributed by atoms with Crippen molar-refractivity contribution in [2.24, 2.45) is 0 Å². The van der Waals surface area contributed by atoms with E-state index >= 15 is 0 Å². The smallest absolute Gasteiger partial charge is 0.262 e. The molecular formula is C22H24N2O4. The van der Waals surface area contributed by atoms with Crippen LogP contribution < -0.4 is 19.7 Å². The molecule has 0 atom stereocenters. The summed E-state index contributed by atoms with van der Waals surface area (Å²) in [5.74, 6) is 0.848. The number of hydrogen-bond acceptors (Lipinski definition) is 4. The Morgan fingerprint density at radius 2 is 2.04 bits per heavy atom. The van der Waals surface area contributed by atoms with Crippen LogP contribution >= 0.6 is 0 Å². The standard InChI is InChI=1S/C22H24N2O4/c1-4-5-16-6-9-20(21(12-16)27-3)28-14-22(26)23-18-7-8-19-17(13-18)10-11-24(19)15(2)25/h4,6-9,12-13H,1,5,10-11,14H2,2-3H3,(H,23,26). The molecule has 0 saturated carbocycles. The van der Waals surface area contributed by atoms with Crippen molar-refractivity contribution in [3.8, 4) is 11.5 Å². The summed E-state index contributed by atoms with van der Waals surface area (Å²) in [7, 11) is 1.56. The second kappa shape index (κ2) is 8.61. The lowest BCUT2D eigenvalue weighted by atomic mass is 10.1. The molecule has 2 aromatic carbocycles. The number of allylic oxidation sites excluding steroid dienone is 1. The number of fused-ring (bicyclic) bond motifs is 1. The Kier molecular flexibility index (Phi) is 5.99. The Morgan fingerprint density at radius 3 is 2.75 bits per heavy atom. The highest BCUT2D eigenvalue weighted by atomic mass is 16.5. The van der Waals surface area contributed by atoms with Crippen LogP contribution in [0.2, 0.25) is 0 Å². The summed E-state index contributed by atoms with van der Waals surface area (Å²) >= 11 is 0. The Labute approximate surface area is 164 Å². The molecule has 6 nitrogen and oxygen atoms in total. The molecule has 3 rings (SSSR count). The highest BCUT2D eigenvalue weighted by molar-refractivity contribution is 5.96. The van der Waals surface area contributed by atoms with Gasteiger partial charge in [0, 0.05) is 24.8 Å². The third kappa shape index (κ3) is 4.34. The first-order valence-electron chi connectivity index (χ1n) is 9.13. The largest absolute Gasteiger partial charge is 0.493 e. The average molecular weight is 380 g/mol. The van der Waals surface area contributed by atoms with Gasteiger partial charge in [0.05, 0.1) is 7.11 Å². The fourth-order valence-corrected chi connectivity index (χ4v) is 3.27. The summed E-state index contributed by atoms with van der Waals surface area (Å²) in [6, 6.07) is 11.1. The van der Waals surface area contributed by atoms with E-state index in [9.17, 15) is 9.59 Å². The number of amides is 2. The predicted octanol–water partition coefficient (Wildman–Crippen LogP) is 3.35. The number of carbonyl (C=O) groups is 2. The van der Waals surface area contributed by atoms with Gasteiger partial charge in [-0.15, -0.1) is 6.58 Å². The average Bonchev–Trinajstić information content (AvgIpc) is 3.10. The van der Waals surface area contributed by atoms with Crippen LogP contribution in [0.15, 0.2) is 49.1 Å². The highest BCUT2D eigenvalue weighted by Crippen LogP contribution is 2.31. The summed E-state index contributed by atoms with van der Waals surface area (Å²) < 4.78 is 11.0. The molecule has 0 saturated heterocycles. The number of hydrogen-bond donors (Lipinski definition) is 1. The summed E-state index contributed by atoms with van der Waals surface area (Å²) in [4.78, 5) is 25.6. The molecule has 6 heteroatoms. The third-order valence-corrected chi connectivity index (χ3v) is 4.61. The van der Waals surface area contributed by atoms with E-state index in [1.54, 1.807) is 31.1 Å². The van der Waals surface area contributed by atoms with E-state index in [0.29, 0.717) is 23.7 Å². The number of nitrogens with one attached hydrogen (secondary N) is 1. The predicted molar refractivity (Wildman–Crippen MR) is 109 cm³/mol. The zero-order chi connectivity index (χ0) is 20.1. The minimum absolute atomic E-state index is 0.0250. The van der Waals surface area contributed by atoms with Crippen molar-refractivity contribution in [3.63, 3.8) is 0 Å². The molecule has 1 heterocycles. The number of methoxy groups -OCH3 is 1. The van der Waals surface area contributed by atoms with E-state index < -0.39 is 0 Å². The number of ether oxygens (including phenoxy) is 2. The van der Waals surface area contributed by atoms with Crippen LogP contribution in [-0.4, -0.2) is 32.1 Å². The molecule has 0 fully saturated rings. The molecule has 0 aromatic heterocycles. The molecule has 0 spiro atoms. The first kappa shape index (κ1) is 19.5. The highest BCUT2D eigenvalue weighted by Gasteiger charge is 2.22. The van der Waals surface area contributed by atoms with E-state index in [4.69, 9.17) is 9.47 Å². The zero-order valence-corrected chi connectivity index (χ0v) is 16.2. The monoisotopic (exact) mass is 380 g/mol. The Bertz CT molecular complexity index is 907. The van der Waals surface area contributed by atoms with Crippen molar-refractivity contribution in [2.75, 3.05) is 30.5 Å². The van der Waals surface area contributed by atoms with Crippen molar-refractivity contribution in [2.45, 2.75) is 19.8 Å². The summed E-state index contributed by atoms with van der Waals surface area (Å²) in [5.41, 5.74) is 3.70. The molecule has 1 aliphatic rings. The normalized spacial score (nSPS) is 12.3. The third-order valence-electron chi connectivity index (χ3n) is 4.61. The first-order valence-corrected chi connectivity index (χ1v) is 9.13. The molecular weight excluding hydrogens is 356 g/mol. The van der Waals surface area contributed by atoms with Gasteiger partial charge >= 0.3 is 0 Å². The molecule has 146 valence electrons. The van der Waals surface area contributed by atoms with Gasteiger partial charge < -0.3 is 19.7 Å². The number of carbonyl (C=O) groups excluding carboxylic acids is 2. The van der Waals surface area contributed by atoms with Crippen LogP contribution in [-0.2, 0) is 22.4 Å². The molecule has 1 aliphatic heterocycles. The fraction of sp³-hybridized carbons (Fsp3) is 0.273. The van der Waals surface area contributed by atoms with Gasteiger partial charge in [0.2, 0.25) is 5.91 Å². The number of rotatable bonds is 7. The first-order chi connectivity index (χ1) is 13.5. The maximum absolute atomic E-state index is 12.3. The lowest BCUT2D eigenvalue weighted by Crippen LogP contribution is -2.25. The van der Waals surface area contributed by atoms with E-state index in [1.807, 2.05) is 30.3 Å². The zero-order valence-electron chi connectivity index (χ0n) is 16.2. The number of anilines is 2. The summed E-state index contributed by atoms with van der Waals surface area (Å²) in [6.07, 6.45) is 3.33.